The lowest BCUT2D eigenvalue weighted by Gasteiger charge is -2.10. The van der Waals surface area contributed by atoms with Crippen LogP contribution < -0.4 is 10.2 Å². The lowest BCUT2D eigenvalue weighted by molar-refractivity contribution is -0.384. The van der Waals surface area contributed by atoms with E-state index in [2.05, 4.69) is 10.5 Å². The van der Waals surface area contributed by atoms with Crippen molar-refractivity contribution in [2.75, 3.05) is 18.6 Å². The molecule has 2 aromatic rings. The largest absolute Gasteiger partial charge is 0.479 e. The molecule has 0 aromatic heterocycles. The molecule has 0 atom stereocenters. The van der Waals surface area contributed by atoms with Crippen LogP contribution in [0.3, 0.4) is 0 Å². The zero-order chi connectivity index (χ0) is 23.2. The molecule has 0 amide bonds. The Morgan fingerprint density at radius 1 is 1.26 bits per heavy atom. The Hall–Kier alpha value is -3.05. The predicted octanol–water partition coefficient (Wildman–Crippen LogP) is 5.31. The summed E-state index contributed by atoms with van der Waals surface area (Å²) in [5.74, 6) is -0.567. The van der Waals surface area contributed by atoms with E-state index in [0.29, 0.717) is 17.7 Å². The molecule has 13 heteroatoms. The van der Waals surface area contributed by atoms with Crippen molar-refractivity contribution in [3.63, 3.8) is 0 Å². The first-order valence-corrected chi connectivity index (χ1v) is 9.20. The van der Waals surface area contributed by atoms with Gasteiger partial charge in [0.25, 0.3) is 5.69 Å². The lowest BCUT2D eigenvalue weighted by Crippen LogP contribution is -2.15. The number of nitrogens with one attached hydrogen (secondary N) is 1. The summed E-state index contributed by atoms with van der Waals surface area (Å²) in [5.41, 5.74) is 0.448. The number of alkyl halides is 3. The van der Waals surface area contributed by atoms with Crippen molar-refractivity contribution in [3.8, 4) is 5.75 Å². The molecular weight excluding hydrogens is 466 g/mol. The van der Waals surface area contributed by atoms with Gasteiger partial charge in [-0.05, 0) is 36.8 Å². The quantitative estimate of drug-likeness (QED) is 0.238. The summed E-state index contributed by atoms with van der Waals surface area (Å²) in [6.45, 7) is 1.42. The number of hydrazone groups is 1. The Labute approximate surface area is 183 Å². The van der Waals surface area contributed by atoms with Crippen LogP contribution in [0.15, 0.2) is 35.4 Å². The van der Waals surface area contributed by atoms with Crippen LogP contribution in [0.5, 0.6) is 5.75 Å². The summed E-state index contributed by atoms with van der Waals surface area (Å²) >= 11 is 12.2. The molecule has 166 valence electrons. The number of nitro benzene ring substituents is 1. The normalized spacial score (nSPS) is 11.4. The van der Waals surface area contributed by atoms with Crippen LogP contribution >= 0.6 is 23.2 Å². The Morgan fingerprint density at radius 2 is 1.90 bits per heavy atom. The number of rotatable bonds is 8. The summed E-state index contributed by atoms with van der Waals surface area (Å²) in [5, 5.41) is 14.9. The number of benzene rings is 2. The van der Waals surface area contributed by atoms with Gasteiger partial charge < -0.3 is 9.47 Å². The van der Waals surface area contributed by atoms with Gasteiger partial charge in [-0.3, -0.25) is 15.5 Å². The van der Waals surface area contributed by atoms with Crippen molar-refractivity contribution in [3.05, 3.63) is 61.6 Å². The number of hydrogen-bond acceptors (Lipinski definition) is 7. The van der Waals surface area contributed by atoms with Crippen molar-refractivity contribution in [1.29, 1.82) is 0 Å². The van der Waals surface area contributed by atoms with Crippen LogP contribution in [0.1, 0.15) is 18.1 Å². The Bertz CT molecular complexity index is 992. The summed E-state index contributed by atoms with van der Waals surface area (Å²) in [4.78, 5) is 21.5. The monoisotopic (exact) mass is 479 g/mol. The van der Waals surface area contributed by atoms with E-state index in [1.807, 2.05) is 0 Å². The zero-order valence-electron chi connectivity index (χ0n) is 15.7. The highest BCUT2D eigenvalue weighted by molar-refractivity contribution is 6.37. The first-order valence-electron chi connectivity index (χ1n) is 8.45. The maximum absolute atomic E-state index is 12.7. The number of nitro groups is 1. The highest BCUT2D eigenvalue weighted by Crippen LogP contribution is 2.35. The average molecular weight is 480 g/mol. The molecule has 2 rings (SSSR count). The first-order chi connectivity index (χ1) is 14.5. The maximum atomic E-state index is 12.7. The van der Waals surface area contributed by atoms with Crippen LogP contribution in [-0.2, 0) is 15.7 Å². The number of carbonyl (C=O) groups is 1. The van der Waals surface area contributed by atoms with Crippen LogP contribution in [0.2, 0.25) is 10.0 Å². The molecule has 8 nitrogen and oxygen atoms in total. The second-order valence-corrected chi connectivity index (χ2v) is 6.58. The fraction of sp³-hybridized carbons (Fsp3) is 0.222. The lowest BCUT2D eigenvalue weighted by atomic mass is 10.1. The van der Waals surface area contributed by atoms with E-state index in [0.717, 1.165) is 6.07 Å². The van der Waals surface area contributed by atoms with Crippen molar-refractivity contribution < 1.29 is 32.4 Å². The van der Waals surface area contributed by atoms with E-state index in [1.54, 1.807) is 6.92 Å². The summed E-state index contributed by atoms with van der Waals surface area (Å²) < 4.78 is 48.2. The number of halogens is 5. The molecule has 0 heterocycles. The fourth-order valence-corrected chi connectivity index (χ4v) is 2.87. The topological polar surface area (TPSA) is 103 Å². The molecule has 0 saturated heterocycles. The third kappa shape index (κ3) is 6.72. The van der Waals surface area contributed by atoms with Gasteiger partial charge in [-0.2, -0.15) is 18.3 Å². The van der Waals surface area contributed by atoms with Crippen molar-refractivity contribution >= 4 is 46.8 Å². The van der Waals surface area contributed by atoms with Crippen LogP contribution in [0, 0.1) is 10.1 Å². The van der Waals surface area contributed by atoms with Gasteiger partial charge in [0, 0.05) is 6.07 Å². The van der Waals surface area contributed by atoms with Crippen molar-refractivity contribution in [2.45, 2.75) is 13.1 Å². The summed E-state index contributed by atoms with van der Waals surface area (Å²) in [6, 6.07) is 4.76. The van der Waals surface area contributed by atoms with Gasteiger partial charge in [0.15, 0.2) is 12.4 Å². The van der Waals surface area contributed by atoms with Gasteiger partial charge in [0.1, 0.15) is 5.69 Å². The number of esters is 1. The highest BCUT2D eigenvalue weighted by Gasteiger charge is 2.33. The molecule has 1 N–H and O–H groups in total. The highest BCUT2D eigenvalue weighted by atomic mass is 35.5. The molecule has 0 aliphatic rings. The molecule has 31 heavy (non-hydrogen) atoms. The molecule has 0 radical (unpaired) electrons. The molecule has 0 bridgehead atoms. The Kier molecular flexibility index (Phi) is 8.06. The van der Waals surface area contributed by atoms with E-state index >= 15 is 0 Å². The van der Waals surface area contributed by atoms with E-state index in [9.17, 15) is 28.1 Å². The molecule has 0 saturated carbocycles. The molecule has 0 unspecified atom stereocenters. The van der Waals surface area contributed by atoms with E-state index in [1.165, 1.54) is 18.3 Å². The van der Waals surface area contributed by atoms with Gasteiger partial charge in [0.2, 0.25) is 0 Å². The summed E-state index contributed by atoms with van der Waals surface area (Å²) in [6.07, 6.45) is -3.54. The molecule has 0 aliphatic carbocycles. The van der Waals surface area contributed by atoms with Crippen molar-refractivity contribution in [2.24, 2.45) is 5.10 Å². The smallest absolute Gasteiger partial charge is 0.416 e. The average Bonchev–Trinajstić information content (AvgIpc) is 2.66. The van der Waals surface area contributed by atoms with E-state index in [4.69, 9.17) is 32.7 Å². The van der Waals surface area contributed by atoms with Gasteiger partial charge in [-0.25, -0.2) is 4.79 Å². The minimum atomic E-state index is -4.73. The number of carbonyl (C=O) groups excluding carboxylic acids is 1. The second-order valence-electron chi connectivity index (χ2n) is 5.76. The third-order valence-electron chi connectivity index (χ3n) is 3.58. The Balaban J connectivity index is 2.16. The number of anilines is 1. The number of nitrogens with zero attached hydrogens (tertiary/aromatic N) is 2. The van der Waals surface area contributed by atoms with Gasteiger partial charge >= 0.3 is 12.1 Å². The predicted molar refractivity (Wildman–Crippen MR) is 108 cm³/mol. The van der Waals surface area contributed by atoms with Gasteiger partial charge in [-0.15, -0.1) is 0 Å². The van der Waals surface area contributed by atoms with Crippen LogP contribution in [0.4, 0.5) is 24.5 Å². The van der Waals surface area contributed by atoms with Crippen molar-refractivity contribution in [1.82, 2.24) is 0 Å². The second kappa shape index (κ2) is 10.3. The molecule has 0 spiro atoms. The van der Waals surface area contributed by atoms with E-state index < -0.39 is 34.9 Å². The first kappa shape index (κ1) is 24.2. The van der Waals surface area contributed by atoms with Gasteiger partial charge in [0.05, 0.1) is 33.4 Å². The van der Waals surface area contributed by atoms with Crippen LogP contribution in [-0.4, -0.2) is 30.3 Å². The van der Waals surface area contributed by atoms with Gasteiger partial charge in [-0.1, -0.05) is 23.2 Å². The summed E-state index contributed by atoms with van der Waals surface area (Å²) in [7, 11) is 0. The SMILES string of the molecule is CCOC(=O)COc1c(Cl)cc(/C=N\Nc2ccc(C(F)(F)F)cc2[N+](=O)[O-])cc1Cl. The standard InChI is InChI=1S/C18H14Cl2F3N3O5/c1-2-30-16(27)9-31-17-12(19)5-10(6-13(17)20)8-24-25-14-4-3-11(18(21,22)23)7-15(14)26(28)29/h3-8,25H,2,9H2,1H3/b24-8-. The maximum Gasteiger partial charge on any atom is 0.416 e. The molecular formula is C18H14Cl2F3N3O5. The van der Waals surface area contributed by atoms with E-state index in [-0.39, 0.29) is 28.1 Å². The fourth-order valence-electron chi connectivity index (χ4n) is 2.26. The minimum absolute atomic E-state index is 0.0415. The third-order valence-corrected chi connectivity index (χ3v) is 4.14. The molecule has 0 aliphatic heterocycles. The van der Waals surface area contributed by atoms with Crippen LogP contribution in [0.25, 0.3) is 0 Å². The zero-order valence-corrected chi connectivity index (χ0v) is 17.2. The number of ether oxygens (including phenoxy) is 2. The molecule has 2 aromatic carbocycles. The number of hydrogen-bond donors (Lipinski definition) is 1. The Morgan fingerprint density at radius 3 is 2.45 bits per heavy atom. The minimum Gasteiger partial charge on any atom is -0.479 e. The molecule has 0 fully saturated rings.